The first-order valence-corrected chi connectivity index (χ1v) is 10.4. The maximum atomic E-state index is 12.1. The van der Waals surface area contributed by atoms with E-state index in [9.17, 15) is 9.90 Å². The molecule has 26 heavy (non-hydrogen) atoms. The number of nitrogens with one attached hydrogen (secondary N) is 2. The maximum Gasteiger partial charge on any atom is 0.225 e. The molecule has 1 aliphatic heterocycles. The van der Waals surface area contributed by atoms with Crippen molar-refractivity contribution in [1.29, 1.82) is 0 Å². The molecule has 0 spiro atoms. The van der Waals surface area contributed by atoms with E-state index in [0.717, 1.165) is 57.7 Å². The summed E-state index contributed by atoms with van der Waals surface area (Å²) in [7, 11) is 0. The van der Waals surface area contributed by atoms with Crippen LogP contribution >= 0.6 is 0 Å². The summed E-state index contributed by atoms with van der Waals surface area (Å²) in [5.74, 6) is 1.16. The highest BCUT2D eigenvalue weighted by Crippen LogP contribution is 2.36. The number of aliphatic imine (C=N–C) groups is 1. The third-order valence-electron chi connectivity index (χ3n) is 5.86. The van der Waals surface area contributed by atoms with Crippen LogP contribution < -0.4 is 10.6 Å². The van der Waals surface area contributed by atoms with Gasteiger partial charge in [0.25, 0.3) is 0 Å². The second-order valence-corrected chi connectivity index (χ2v) is 8.51. The molecule has 0 aromatic rings. The number of piperidine rings is 1. The molecule has 0 aromatic carbocycles. The second kappa shape index (κ2) is 9.58. The zero-order valence-corrected chi connectivity index (χ0v) is 17.1. The predicted molar refractivity (Wildman–Crippen MR) is 106 cm³/mol. The highest BCUT2D eigenvalue weighted by atomic mass is 16.3. The van der Waals surface area contributed by atoms with Gasteiger partial charge in [-0.2, -0.15) is 0 Å². The number of carbonyl (C=O) groups is 1. The van der Waals surface area contributed by atoms with E-state index in [4.69, 9.17) is 4.99 Å². The van der Waals surface area contributed by atoms with Crippen LogP contribution in [-0.2, 0) is 4.79 Å². The maximum absolute atomic E-state index is 12.1. The summed E-state index contributed by atoms with van der Waals surface area (Å²) >= 11 is 0. The molecule has 1 saturated carbocycles. The van der Waals surface area contributed by atoms with Gasteiger partial charge >= 0.3 is 0 Å². The molecule has 2 aliphatic rings. The van der Waals surface area contributed by atoms with Crippen LogP contribution in [0.4, 0.5) is 0 Å². The minimum atomic E-state index is -0.256. The fourth-order valence-corrected chi connectivity index (χ4v) is 3.95. The number of hydrogen-bond donors (Lipinski definition) is 3. The lowest BCUT2D eigenvalue weighted by atomic mass is 9.73. The van der Waals surface area contributed by atoms with Crippen molar-refractivity contribution in [3.8, 4) is 0 Å². The molecule has 1 aliphatic carbocycles. The van der Waals surface area contributed by atoms with Crippen molar-refractivity contribution in [3.05, 3.63) is 0 Å². The molecule has 0 aromatic heterocycles. The fourth-order valence-electron chi connectivity index (χ4n) is 3.95. The van der Waals surface area contributed by atoms with Gasteiger partial charge in [0.2, 0.25) is 5.91 Å². The molecule has 0 radical (unpaired) electrons. The highest BCUT2D eigenvalue weighted by Gasteiger charge is 2.35. The summed E-state index contributed by atoms with van der Waals surface area (Å²) in [6.07, 6.45) is 5.85. The first-order chi connectivity index (χ1) is 12.4. The summed E-state index contributed by atoms with van der Waals surface area (Å²) in [4.78, 5) is 18.9. The summed E-state index contributed by atoms with van der Waals surface area (Å²) in [5, 5.41) is 17.2. The first kappa shape index (κ1) is 21.0. The fraction of sp³-hybridized carbons (Fsp3) is 0.900. The van der Waals surface area contributed by atoms with Gasteiger partial charge < -0.3 is 20.6 Å². The predicted octanol–water partition coefficient (Wildman–Crippen LogP) is 2.13. The minimum absolute atomic E-state index is 0.0704. The lowest BCUT2D eigenvalue weighted by Crippen LogP contribution is -2.50. The van der Waals surface area contributed by atoms with Gasteiger partial charge in [0.05, 0.1) is 12.6 Å². The number of amides is 1. The molecule has 6 nitrogen and oxygen atoms in total. The van der Waals surface area contributed by atoms with E-state index >= 15 is 0 Å². The van der Waals surface area contributed by atoms with Gasteiger partial charge in [-0.25, -0.2) is 0 Å². The SMILES string of the molecule is CCNC(=NCC1(C)CCCCC1O)NC1CCN(C(=O)C(C)C)CC1. The Morgan fingerprint density at radius 3 is 2.54 bits per heavy atom. The molecule has 2 rings (SSSR count). The first-order valence-electron chi connectivity index (χ1n) is 10.4. The Kier molecular flexibility index (Phi) is 7.74. The summed E-state index contributed by atoms with van der Waals surface area (Å²) in [6.45, 7) is 11.2. The Morgan fingerprint density at radius 1 is 1.27 bits per heavy atom. The smallest absolute Gasteiger partial charge is 0.225 e. The standard InChI is InChI=1S/C20H38N4O2/c1-5-21-19(22-14-20(4)11-7-6-8-17(20)25)23-16-9-12-24(13-10-16)18(26)15(2)3/h15-17,25H,5-14H2,1-4H3,(H2,21,22,23). The number of guanidine groups is 1. The van der Waals surface area contributed by atoms with E-state index in [1.807, 2.05) is 18.7 Å². The van der Waals surface area contributed by atoms with E-state index in [2.05, 4.69) is 24.5 Å². The normalized spacial score (nSPS) is 28.3. The van der Waals surface area contributed by atoms with E-state index < -0.39 is 0 Å². The topological polar surface area (TPSA) is 77.0 Å². The molecule has 6 heteroatoms. The molecule has 150 valence electrons. The lowest BCUT2D eigenvalue weighted by molar-refractivity contribution is -0.135. The van der Waals surface area contributed by atoms with E-state index in [0.29, 0.717) is 12.6 Å². The van der Waals surface area contributed by atoms with Crippen LogP contribution in [0.3, 0.4) is 0 Å². The van der Waals surface area contributed by atoms with Crippen molar-refractivity contribution in [1.82, 2.24) is 15.5 Å². The van der Waals surface area contributed by atoms with Crippen LogP contribution in [0.1, 0.15) is 66.2 Å². The molecule has 1 heterocycles. The molecular formula is C20H38N4O2. The largest absolute Gasteiger partial charge is 0.392 e. The summed E-state index contributed by atoms with van der Waals surface area (Å²) in [5.41, 5.74) is -0.117. The zero-order chi connectivity index (χ0) is 19.2. The number of aliphatic hydroxyl groups excluding tert-OH is 1. The Labute approximate surface area is 158 Å². The molecule has 3 N–H and O–H groups in total. The van der Waals surface area contributed by atoms with Crippen molar-refractivity contribution in [3.63, 3.8) is 0 Å². The number of aliphatic hydroxyl groups is 1. The molecule has 1 saturated heterocycles. The lowest BCUT2D eigenvalue weighted by Gasteiger charge is -2.37. The van der Waals surface area contributed by atoms with Crippen molar-refractivity contribution in [2.24, 2.45) is 16.3 Å². The van der Waals surface area contributed by atoms with Crippen molar-refractivity contribution < 1.29 is 9.90 Å². The third-order valence-corrected chi connectivity index (χ3v) is 5.86. The van der Waals surface area contributed by atoms with Gasteiger partial charge in [0.1, 0.15) is 0 Å². The Balaban J connectivity index is 1.89. The van der Waals surface area contributed by atoms with Crippen molar-refractivity contribution in [2.45, 2.75) is 78.4 Å². The van der Waals surface area contributed by atoms with Crippen LogP contribution in [0, 0.1) is 11.3 Å². The van der Waals surface area contributed by atoms with Crippen LogP contribution in [0.15, 0.2) is 4.99 Å². The molecule has 2 unspecified atom stereocenters. The highest BCUT2D eigenvalue weighted by molar-refractivity contribution is 5.80. The number of nitrogens with zero attached hydrogens (tertiary/aromatic N) is 2. The van der Waals surface area contributed by atoms with Crippen LogP contribution in [0.25, 0.3) is 0 Å². The summed E-state index contributed by atoms with van der Waals surface area (Å²) in [6, 6.07) is 0.341. The number of carbonyl (C=O) groups excluding carboxylic acids is 1. The Hall–Kier alpha value is -1.30. The number of hydrogen-bond acceptors (Lipinski definition) is 3. The van der Waals surface area contributed by atoms with Gasteiger partial charge in [-0.3, -0.25) is 9.79 Å². The van der Waals surface area contributed by atoms with Gasteiger partial charge in [0, 0.05) is 37.0 Å². The van der Waals surface area contributed by atoms with Gasteiger partial charge in [0.15, 0.2) is 5.96 Å². The average Bonchev–Trinajstić information content (AvgIpc) is 2.62. The van der Waals surface area contributed by atoms with Crippen molar-refractivity contribution in [2.75, 3.05) is 26.2 Å². The minimum Gasteiger partial charge on any atom is -0.392 e. The summed E-state index contributed by atoms with van der Waals surface area (Å²) < 4.78 is 0. The molecule has 2 atom stereocenters. The quantitative estimate of drug-likeness (QED) is 0.515. The molecule has 0 bridgehead atoms. The van der Waals surface area contributed by atoms with Crippen LogP contribution in [-0.4, -0.2) is 60.2 Å². The van der Waals surface area contributed by atoms with Gasteiger partial charge in [-0.05, 0) is 32.6 Å². The molecular weight excluding hydrogens is 328 g/mol. The van der Waals surface area contributed by atoms with E-state index in [-0.39, 0.29) is 23.3 Å². The zero-order valence-electron chi connectivity index (χ0n) is 17.1. The Bertz CT molecular complexity index is 486. The average molecular weight is 367 g/mol. The van der Waals surface area contributed by atoms with Crippen molar-refractivity contribution >= 4 is 11.9 Å². The van der Waals surface area contributed by atoms with Gasteiger partial charge in [-0.15, -0.1) is 0 Å². The van der Waals surface area contributed by atoms with E-state index in [1.165, 1.54) is 6.42 Å². The van der Waals surface area contributed by atoms with E-state index in [1.54, 1.807) is 0 Å². The van der Waals surface area contributed by atoms with Gasteiger partial charge in [-0.1, -0.05) is 33.6 Å². The monoisotopic (exact) mass is 366 g/mol. The molecule has 1 amide bonds. The second-order valence-electron chi connectivity index (χ2n) is 8.51. The Morgan fingerprint density at radius 2 is 1.96 bits per heavy atom. The number of likely N-dealkylation sites (tertiary alicyclic amines) is 1. The number of rotatable bonds is 5. The molecule has 2 fully saturated rings. The van der Waals surface area contributed by atoms with Crippen LogP contribution in [0.2, 0.25) is 0 Å². The third kappa shape index (κ3) is 5.60. The van der Waals surface area contributed by atoms with Crippen LogP contribution in [0.5, 0.6) is 0 Å².